The summed E-state index contributed by atoms with van der Waals surface area (Å²) >= 11 is 0. The Labute approximate surface area is 142 Å². The van der Waals surface area contributed by atoms with Gasteiger partial charge in [0.2, 0.25) is 0 Å². The molecule has 0 aliphatic heterocycles. The van der Waals surface area contributed by atoms with Crippen molar-refractivity contribution >= 4 is 0 Å². The van der Waals surface area contributed by atoms with Gasteiger partial charge in [-0.2, -0.15) is 0 Å². The van der Waals surface area contributed by atoms with Gasteiger partial charge in [0.25, 0.3) is 0 Å². The highest BCUT2D eigenvalue weighted by Gasteiger charge is 2.55. The number of hydrogen-bond donors (Lipinski definition) is 1. The maximum atomic E-state index is 5.55. The van der Waals surface area contributed by atoms with Crippen LogP contribution in [-0.2, 0) is 6.54 Å². The molecule has 126 valence electrons. The van der Waals surface area contributed by atoms with E-state index in [4.69, 9.17) is 9.26 Å². The average molecular weight is 324 g/mol. The molecule has 4 nitrogen and oxygen atoms in total. The molecule has 2 unspecified atom stereocenters. The fourth-order valence-electron chi connectivity index (χ4n) is 5.61. The molecule has 24 heavy (non-hydrogen) atoms. The van der Waals surface area contributed by atoms with Crippen LogP contribution >= 0.6 is 0 Å². The molecular formula is C20H24N2O2. The SMILES string of the molecule is COc1cccc(-c2cc(CNC34CC5CC(C3)C(C5)C4)no2)c1. The highest BCUT2D eigenvalue weighted by atomic mass is 16.5. The van der Waals surface area contributed by atoms with E-state index in [1.807, 2.05) is 24.3 Å². The Morgan fingerprint density at radius 1 is 1.21 bits per heavy atom. The van der Waals surface area contributed by atoms with Crippen molar-refractivity contribution in [3.05, 3.63) is 36.0 Å². The summed E-state index contributed by atoms with van der Waals surface area (Å²) in [5.41, 5.74) is 2.38. The normalized spacial score (nSPS) is 33.3. The van der Waals surface area contributed by atoms with Crippen LogP contribution in [0.3, 0.4) is 0 Å². The Bertz CT molecular complexity index is 734. The third kappa shape index (κ3) is 2.35. The van der Waals surface area contributed by atoms with Gasteiger partial charge in [-0.05, 0) is 62.0 Å². The predicted molar refractivity (Wildman–Crippen MR) is 91.6 cm³/mol. The van der Waals surface area contributed by atoms with Crippen LogP contribution in [0.5, 0.6) is 5.75 Å². The molecule has 4 bridgehead atoms. The Kier molecular flexibility index (Phi) is 3.24. The summed E-state index contributed by atoms with van der Waals surface area (Å²) in [5, 5.41) is 8.11. The largest absolute Gasteiger partial charge is 0.497 e. The van der Waals surface area contributed by atoms with Crippen molar-refractivity contribution in [1.82, 2.24) is 10.5 Å². The number of methoxy groups -OCH3 is 1. The molecule has 0 radical (unpaired) electrons. The summed E-state index contributed by atoms with van der Waals surface area (Å²) in [4.78, 5) is 0. The lowest BCUT2D eigenvalue weighted by Gasteiger charge is -2.39. The molecule has 4 fully saturated rings. The first-order valence-corrected chi connectivity index (χ1v) is 9.08. The second kappa shape index (κ2) is 5.35. The van der Waals surface area contributed by atoms with Gasteiger partial charge >= 0.3 is 0 Å². The molecule has 4 aliphatic carbocycles. The highest BCUT2D eigenvalue weighted by molar-refractivity contribution is 5.59. The minimum Gasteiger partial charge on any atom is -0.497 e. The van der Waals surface area contributed by atoms with Gasteiger partial charge in [0.1, 0.15) is 5.75 Å². The molecule has 1 heterocycles. The highest BCUT2D eigenvalue weighted by Crippen LogP contribution is 2.59. The molecule has 0 spiro atoms. The van der Waals surface area contributed by atoms with E-state index < -0.39 is 0 Å². The second-order valence-electron chi connectivity index (χ2n) is 8.02. The predicted octanol–water partition coefficient (Wildman–Crippen LogP) is 4.02. The van der Waals surface area contributed by atoms with Crippen molar-refractivity contribution in [2.75, 3.05) is 7.11 Å². The maximum Gasteiger partial charge on any atom is 0.167 e. The number of rotatable bonds is 5. The zero-order chi connectivity index (χ0) is 16.1. The number of nitrogens with one attached hydrogen (secondary N) is 1. The van der Waals surface area contributed by atoms with Gasteiger partial charge in [0.05, 0.1) is 12.8 Å². The first-order valence-electron chi connectivity index (χ1n) is 9.08. The first-order chi connectivity index (χ1) is 11.7. The molecular weight excluding hydrogens is 300 g/mol. The van der Waals surface area contributed by atoms with Gasteiger partial charge in [-0.15, -0.1) is 0 Å². The smallest absolute Gasteiger partial charge is 0.167 e. The maximum absolute atomic E-state index is 5.55. The van der Waals surface area contributed by atoms with Crippen molar-refractivity contribution in [2.24, 2.45) is 17.8 Å². The van der Waals surface area contributed by atoms with Crippen molar-refractivity contribution in [3.8, 4) is 17.1 Å². The molecule has 4 aliphatic rings. The van der Waals surface area contributed by atoms with E-state index in [9.17, 15) is 0 Å². The van der Waals surface area contributed by atoms with E-state index in [1.54, 1.807) is 7.11 Å². The molecule has 1 N–H and O–H groups in total. The van der Waals surface area contributed by atoms with Crippen LogP contribution in [0.15, 0.2) is 34.9 Å². The van der Waals surface area contributed by atoms with E-state index in [2.05, 4.69) is 16.5 Å². The van der Waals surface area contributed by atoms with Crippen LogP contribution in [-0.4, -0.2) is 17.8 Å². The Morgan fingerprint density at radius 2 is 2.04 bits per heavy atom. The zero-order valence-electron chi connectivity index (χ0n) is 14.1. The van der Waals surface area contributed by atoms with Crippen molar-refractivity contribution in [3.63, 3.8) is 0 Å². The molecule has 4 heteroatoms. The zero-order valence-corrected chi connectivity index (χ0v) is 14.1. The molecule has 0 saturated heterocycles. The molecule has 0 amide bonds. The summed E-state index contributed by atoms with van der Waals surface area (Å²) < 4.78 is 10.8. The molecule has 2 atom stereocenters. The number of nitrogens with zero attached hydrogens (tertiary/aromatic N) is 1. The molecule has 1 aromatic carbocycles. The Hall–Kier alpha value is -1.81. The molecule has 2 aromatic rings. The van der Waals surface area contributed by atoms with Gasteiger partial charge in [-0.1, -0.05) is 17.3 Å². The van der Waals surface area contributed by atoms with Crippen LogP contribution in [0.1, 0.15) is 37.8 Å². The monoisotopic (exact) mass is 324 g/mol. The van der Waals surface area contributed by atoms with Crippen LogP contribution in [0, 0.1) is 17.8 Å². The van der Waals surface area contributed by atoms with Crippen molar-refractivity contribution in [1.29, 1.82) is 0 Å². The summed E-state index contributed by atoms with van der Waals surface area (Å²) in [6.07, 6.45) is 7.07. The van der Waals surface area contributed by atoms with Crippen LogP contribution in [0.25, 0.3) is 11.3 Å². The molecule has 4 saturated carbocycles. The third-order valence-electron chi connectivity index (χ3n) is 6.48. The third-order valence-corrected chi connectivity index (χ3v) is 6.48. The number of ether oxygens (including phenoxy) is 1. The van der Waals surface area contributed by atoms with Gasteiger partial charge in [0.15, 0.2) is 5.76 Å². The lowest BCUT2D eigenvalue weighted by molar-refractivity contribution is 0.182. The number of aromatic nitrogens is 1. The Morgan fingerprint density at radius 3 is 2.79 bits per heavy atom. The number of benzene rings is 1. The van der Waals surface area contributed by atoms with Gasteiger partial charge in [-0.25, -0.2) is 0 Å². The number of hydrogen-bond acceptors (Lipinski definition) is 4. The molecule has 6 rings (SSSR count). The van der Waals surface area contributed by atoms with E-state index in [1.165, 1.54) is 32.1 Å². The second-order valence-corrected chi connectivity index (χ2v) is 8.02. The van der Waals surface area contributed by atoms with Crippen molar-refractivity contribution < 1.29 is 9.26 Å². The minimum absolute atomic E-state index is 0.381. The fourth-order valence-corrected chi connectivity index (χ4v) is 5.61. The Balaban J connectivity index is 1.28. The summed E-state index contributed by atoms with van der Waals surface area (Å²) in [7, 11) is 1.68. The topological polar surface area (TPSA) is 47.3 Å². The summed E-state index contributed by atoms with van der Waals surface area (Å²) in [6, 6.07) is 9.96. The average Bonchev–Trinajstić information content (AvgIpc) is 3.25. The van der Waals surface area contributed by atoms with E-state index in [0.717, 1.165) is 47.1 Å². The molecule has 1 aromatic heterocycles. The van der Waals surface area contributed by atoms with E-state index in [0.29, 0.717) is 5.54 Å². The minimum atomic E-state index is 0.381. The quantitative estimate of drug-likeness (QED) is 0.902. The van der Waals surface area contributed by atoms with E-state index >= 15 is 0 Å². The fraction of sp³-hybridized carbons (Fsp3) is 0.550. The summed E-state index contributed by atoms with van der Waals surface area (Å²) in [5.74, 6) is 4.58. The first kappa shape index (κ1) is 14.5. The lowest BCUT2D eigenvalue weighted by atomic mass is 9.76. The lowest BCUT2D eigenvalue weighted by Crippen LogP contribution is -2.47. The summed E-state index contributed by atoms with van der Waals surface area (Å²) in [6.45, 7) is 0.805. The van der Waals surface area contributed by atoms with Crippen LogP contribution in [0.4, 0.5) is 0 Å². The standard InChI is InChI=1S/C20H24N2O2/c1-23-18-4-2-3-14(7-18)19-8-17(22-24-19)12-21-20-9-13-5-15(10-20)16(6-13)11-20/h2-4,7-8,13,15-16,21H,5-6,9-12H2,1H3. The van der Waals surface area contributed by atoms with Crippen molar-refractivity contribution in [2.45, 2.75) is 44.2 Å². The van der Waals surface area contributed by atoms with Gasteiger partial charge < -0.3 is 14.6 Å². The van der Waals surface area contributed by atoms with Gasteiger partial charge in [-0.3, -0.25) is 0 Å². The van der Waals surface area contributed by atoms with Crippen LogP contribution < -0.4 is 10.1 Å². The van der Waals surface area contributed by atoms with E-state index in [-0.39, 0.29) is 0 Å². The van der Waals surface area contributed by atoms with Gasteiger partial charge in [0, 0.05) is 23.7 Å². The van der Waals surface area contributed by atoms with Crippen LogP contribution in [0.2, 0.25) is 0 Å².